The quantitative estimate of drug-likeness (QED) is 0.0684. The molecule has 17 nitrogen and oxygen atoms in total. The van der Waals surface area contributed by atoms with Crippen LogP contribution in [0.25, 0.3) is 11.2 Å². The van der Waals surface area contributed by atoms with Gasteiger partial charge < -0.3 is 40.4 Å². The standard InChI is InChI=1S/C45H51FN10O7S/c1-29(2)62-43-42(32(21-47)22-48)49-28-56-44(43)51-45(52-56)50-41-12-11-39(20-40(41)46)64(60,61)38-8-4-7-36(19-38)63-37-24-55(25-37)33-13-15-54(16-14-33)34-10-9-30(26-58)31(18-34)23-53(3)35(27-59)6-5-17-57/h4,7-12,17-22,26-29,33,35,37,47H,5-6,13-16,23-25,48H2,1-3H3,(H,50,52)/b32-22+,47-21?. The van der Waals surface area contributed by atoms with E-state index >= 15 is 4.39 Å². The van der Waals surface area contributed by atoms with Crippen LogP contribution in [0, 0.1) is 11.2 Å². The van der Waals surface area contributed by atoms with Gasteiger partial charge in [0.05, 0.1) is 27.6 Å². The maximum absolute atomic E-state index is 15.6. The number of fused-ring (bicyclic) bond motifs is 1. The van der Waals surface area contributed by atoms with Crippen LogP contribution in [0.5, 0.6) is 11.5 Å². The van der Waals surface area contributed by atoms with Crippen LogP contribution in [0.1, 0.15) is 61.1 Å². The number of likely N-dealkylation sites (N-methyl/N-ethyl adjacent to an activating group) is 1. The van der Waals surface area contributed by atoms with E-state index in [0.29, 0.717) is 49.0 Å². The number of halogens is 1. The summed E-state index contributed by atoms with van der Waals surface area (Å²) in [5, 5.41) is 14.8. The van der Waals surface area contributed by atoms with E-state index in [0.717, 1.165) is 68.3 Å². The number of sulfone groups is 1. The van der Waals surface area contributed by atoms with Gasteiger partial charge in [-0.1, -0.05) is 6.07 Å². The van der Waals surface area contributed by atoms with Gasteiger partial charge in [0, 0.05) is 74.4 Å². The number of nitrogens with zero attached hydrogens (tertiary/aromatic N) is 7. The smallest absolute Gasteiger partial charge is 0.247 e. The van der Waals surface area contributed by atoms with E-state index in [1.165, 1.54) is 41.3 Å². The molecule has 5 aromatic rings. The van der Waals surface area contributed by atoms with Crippen LogP contribution in [0.15, 0.2) is 83.0 Å². The molecule has 1 atom stereocenters. The summed E-state index contributed by atoms with van der Waals surface area (Å²) in [7, 11) is -2.32. The zero-order chi connectivity index (χ0) is 45.5. The molecule has 0 saturated carbocycles. The van der Waals surface area contributed by atoms with E-state index in [-0.39, 0.29) is 57.1 Å². The summed E-state index contributed by atoms with van der Waals surface area (Å²) in [5.74, 6) is -0.219. The van der Waals surface area contributed by atoms with Gasteiger partial charge in [0.15, 0.2) is 5.75 Å². The zero-order valence-electron chi connectivity index (χ0n) is 35.8. The molecule has 4 heterocycles. The van der Waals surface area contributed by atoms with Gasteiger partial charge >= 0.3 is 0 Å². The SMILES string of the molecule is CC(C)Oc1c(/C(C=N)=C/N)ncn2nc(Nc3ccc(S(=O)(=O)c4cccc(OC5CN(C6CCN(c7ccc(C=O)c(CN(C)C(C=O)CCC=O)c7)CC6)C5)c4)cc3F)nc12. The average Bonchev–Trinajstić information content (AvgIpc) is 3.70. The molecule has 4 N–H and O–H groups in total. The summed E-state index contributed by atoms with van der Waals surface area (Å²) in [6.45, 7) is 7.05. The first kappa shape index (κ1) is 45.5. The Labute approximate surface area is 370 Å². The van der Waals surface area contributed by atoms with E-state index in [1.807, 2.05) is 44.0 Å². The van der Waals surface area contributed by atoms with Crippen LogP contribution in [0.3, 0.4) is 0 Å². The number of rotatable bonds is 20. The summed E-state index contributed by atoms with van der Waals surface area (Å²) in [6, 6.07) is 15.5. The number of carbonyl (C=O) groups is 3. The van der Waals surface area contributed by atoms with Crippen LogP contribution >= 0.6 is 0 Å². The summed E-state index contributed by atoms with van der Waals surface area (Å²) >= 11 is 0. The molecule has 1 unspecified atom stereocenters. The highest BCUT2D eigenvalue weighted by atomic mass is 32.2. The second kappa shape index (κ2) is 19.9. The Bertz CT molecular complexity index is 2660. The monoisotopic (exact) mass is 894 g/mol. The van der Waals surface area contributed by atoms with Crippen molar-refractivity contribution in [2.45, 2.75) is 80.2 Å². The summed E-state index contributed by atoms with van der Waals surface area (Å²) in [6.07, 6.45) is 8.26. The summed E-state index contributed by atoms with van der Waals surface area (Å²) in [5.41, 5.74) is 8.87. The van der Waals surface area contributed by atoms with Crippen LogP contribution in [-0.4, -0.2) is 120 Å². The highest BCUT2D eigenvalue weighted by molar-refractivity contribution is 7.91. The van der Waals surface area contributed by atoms with Gasteiger partial charge in [0.1, 0.15) is 48.6 Å². The molecule has 7 rings (SSSR count). The molecule has 64 heavy (non-hydrogen) atoms. The number of hydrogen-bond donors (Lipinski definition) is 3. The number of anilines is 3. The van der Waals surface area contributed by atoms with Crippen molar-refractivity contribution in [3.05, 3.63) is 95.8 Å². The predicted molar refractivity (Wildman–Crippen MR) is 239 cm³/mol. The lowest BCUT2D eigenvalue weighted by atomic mass is 9.97. The van der Waals surface area contributed by atoms with Crippen LogP contribution in [0.2, 0.25) is 0 Å². The fraction of sp³-hybridized carbons (Fsp3) is 0.356. The Hall–Kier alpha value is -6.57. The normalized spacial score (nSPS) is 15.8. The first-order valence-corrected chi connectivity index (χ1v) is 22.4. The molecular weight excluding hydrogens is 844 g/mol. The van der Waals surface area contributed by atoms with Gasteiger partial charge in [-0.3, -0.25) is 14.6 Å². The Kier molecular flexibility index (Phi) is 14.1. The number of carbonyl (C=O) groups excluding carboxylic acids is 3. The minimum absolute atomic E-state index is 0.00330. The number of piperidine rings is 1. The third kappa shape index (κ3) is 9.96. The molecule has 2 fully saturated rings. The number of nitrogens with two attached hydrogens (primary N) is 1. The van der Waals surface area contributed by atoms with E-state index in [1.54, 1.807) is 12.1 Å². The van der Waals surface area contributed by atoms with E-state index in [4.69, 9.17) is 20.6 Å². The van der Waals surface area contributed by atoms with E-state index in [9.17, 15) is 22.8 Å². The van der Waals surface area contributed by atoms with Crippen molar-refractivity contribution >= 4 is 63.5 Å². The topological polar surface area (TPSA) is 219 Å². The molecule has 0 bridgehead atoms. The summed E-state index contributed by atoms with van der Waals surface area (Å²) in [4.78, 5) is 49.4. The number of ether oxygens (including phenoxy) is 2. The molecule has 3 aromatic carbocycles. The number of allylic oxidation sites excluding steroid dienone is 1. The fourth-order valence-corrected chi connectivity index (χ4v) is 9.26. The van der Waals surface area contributed by atoms with Gasteiger partial charge in [-0.05, 0) is 100 Å². The number of likely N-dealkylation sites (tertiary alicyclic amines) is 1. The van der Waals surface area contributed by atoms with Crippen molar-refractivity contribution in [1.82, 2.24) is 29.4 Å². The Balaban J connectivity index is 0.941. The third-order valence-corrected chi connectivity index (χ3v) is 13.2. The second-order valence-electron chi connectivity index (χ2n) is 16.1. The van der Waals surface area contributed by atoms with Crippen molar-refractivity contribution in [2.75, 3.05) is 43.4 Å². The molecule has 336 valence electrons. The van der Waals surface area contributed by atoms with Crippen molar-refractivity contribution in [3.8, 4) is 11.5 Å². The lowest BCUT2D eigenvalue weighted by molar-refractivity contribution is -0.113. The lowest BCUT2D eigenvalue weighted by Gasteiger charge is -2.47. The van der Waals surface area contributed by atoms with Crippen molar-refractivity contribution in [1.29, 1.82) is 5.41 Å². The molecule has 0 aliphatic carbocycles. The maximum atomic E-state index is 15.6. The minimum Gasteiger partial charge on any atom is -0.488 e. The largest absolute Gasteiger partial charge is 0.488 e. The molecule has 0 radical (unpaired) electrons. The maximum Gasteiger partial charge on any atom is 0.247 e. The van der Waals surface area contributed by atoms with Gasteiger partial charge in [0.25, 0.3) is 0 Å². The van der Waals surface area contributed by atoms with Gasteiger partial charge in [0.2, 0.25) is 21.4 Å². The molecule has 19 heteroatoms. The van der Waals surface area contributed by atoms with Gasteiger partial charge in [-0.25, -0.2) is 17.8 Å². The molecule has 0 spiro atoms. The van der Waals surface area contributed by atoms with Crippen LogP contribution < -0.4 is 25.4 Å². The number of nitrogens with one attached hydrogen (secondary N) is 2. The van der Waals surface area contributed by atoms with E-state index < -0.39 is 21.7 Å². The minimum atomic E-state index is -4.13. The van der Waals surface area contributed by atoms with Crippen LogP contribution in [0.4, 0.5) is 21.7 Å². The molecule has 2 aliphatic heterocycles. The third-order valence-electron chi connectivity index (χ3n) is 11.4. The number of hydrogen-bond acceptors (Lipinski definition) is 16. The molecule has 2 aromatic heterocycles. The van der Waals surface area contributed by atoms with Crippen LogP contribution in [-0.2, 0) is 26.0 Å². The van der Waals surface area contributed by atoms with Gasteiger partial charge in [-0.2, -0.15) is 9.50 Å². The molecule has 2 aliphatic rings. The highest BCUT2D eigenvalue weighted by Crippen LogP contribution is 2.33. The van der Waals surface area contributed by atoms with E-state index in [2.05, 4.69) is 30.2 Å². The first-order chi connectivity index (χ1) is 30.8. The number of aromatic nitrogens is 4. The lowest BCUT2D eigenvalue weighted by Crippen LogP contribution is -2.59. The number of benzene rings is 3. The van der Waals surface area contributed by atoms with Crippen molar-refractivity contribution in [2.24, 2.45) is 5.73 Å². The zero-order valence-corrected chi connectivity index (χ0v) is 36.6. The molecule has 0 amide bonds. The first-order valence-electron chi connectivity index (χ1n) is 20.9. The number of aldehydes is 3. The predicted octanol–water partition coefficient (Wildman–Crippen LogP) is 5.10. The van der Waals surface area contributed by atoms with Crippen molar-refractivity contribution in [3.63, 3.8) is 0 Å². The van der Waals surface area contributed by atoms with Crippen molar-refractivity contribution < 1.29 is 36.7 Å². The second-order valence-corrected chi connectivity index (χ2v) is 18.0. The summed E-state index contributed by atoms with van der Waals surface area (Å²) < 4.78 is 56.6. The molecule has 2 saturated heterocycles. The average molecular weight is 895 g/mol. The highest BCUT2D eigenvalue weighted by Gasteiger charge is 2.36. The molecular formula is C45H51FN10O7S. The van der Waals surface area contributed by atoms with Gasteiger partial charge in [-0.15, -0.1) is 5.10 Å². The fourth-order valence-electron chi connectivity index (χ4n) is 7.95. The Morgan fingerprint density at radius 2 is 1.83 bits per heavy atom. The Morgan fingerprint density at radius 3 is 2.50 bits per heavy atom. The Morgan fingerprint density at radius 1 is 1.06 bits per heavy atom.